The van der Waals surface area contributed by atoms with Gasteiger partial charge in [-0.3, -0.25) is 4.79 Å². The quantitative estimate of drug-likeness (QED) is 0.674. The zero-order valence-electron chi connectivity index (χ0n) is 9.78. The molecule has 0 aliphatic heterocycles. The molecule has 1 heterocycles. The summed E-state index contributed by atoms with van der Waals surface area (Å²) in [5.41, 5.74) is 6.42. The van der Waals surface area contributed by atoms with Gasteiger partial charge in [-0.15, -0.1) is 5.10 Å². The van der Waals surface area contributed by atoms with Gasteiger partial charge in [0.05, 0.1) is 0 Å². The van der Waals surface area contributed by atoms with E-state index in [-0.39, 0.29) is 11.9 Å². The van der Waals surface area contributed by atoms with E-state index < -0.39 is 0 Å². The molecule has 2 rings (SSSR count). The summed E-state index contributed by atoms with van der Waals surface area (Å²) in [6.07, 6.45) is 4.99. The van der Waals surface area contributed by atoms with Gasteiger partial charge in [-0.25, -0.2) is 0 Å². The van der Waals surface area contributed by atoms with Crippen LogP contribution in [-0.4, -0.2) is 26.9 Å². The number of nitrogens with zero attached hydrogens (tertiary/aromatic N) is 3. The average Bonchev–Trinajstić information content (AvgIpc) is 2.78. The van der Waals surface area contributed by atoms with E-state index in [4.69, 9.17) is 5.73 Å². The van der Waals surface area contributed by atoms with E-state index in [1.54, 1.807) is 6.08 Å². The fourth-order valence-corrected chi connectivity index (χ4v) is 1.88. The Morgan fingerprint density at radius 3 is 2.78 bits per heavy atom. The van der Waals surface area contributed by atoms with Crippen molar-refractivity contribution in [1.82, 2.24) is 14.8 Å². The lowest BCUT2D eigenvalue weighted by Gasteiger charge is -1.97. The fourth-order valence-electron chi connectivity index (χ4n) is 1.39. The molecule has 0 unspecified atom stereocenters. The molecule has 0 spiro atoms. The van der Waals surface area contributed by atoms with Crippen LogP contribution in [0, 0.1) is 0 Å². The van der Waals surface area contributed by atoms with E-state index in [0.717, 1.165) is 5.56 Å². The molecule has 1 aromatic carbocycles. The topological polar surface area (TPSA) is 73.8 Å². The van der Waals surface area contributed by atoms with Crippen LogP contribution in [0.2, 0.25) is 0 Å². The molecule has 0 amide bonds. The molecule has 0 saturated heterocycles. The maximum absolute atomic E-state index is 11.9. The lowest BCUT2D eigenvalue weighted by Crippen LogP contribution is -2.10. The predicted molar refractivity (Wildman–Crippen MR) is 72.3 cm³/mol. The molecule has 0 atom stereocenters. The lowest BCUT2D eigenvalue weighted by atomic mass is 10.2. The molecule has 0 radical (unpaired) electrons. The number of nitrogens with two attached hydrogens (primary N) is 1. The number of benzene rings is 1. The number of anilines is 1. The highest BCUT2D eigenvalue weighted by atomic mass is 32.2. The molecular weight excluding hydrogens is 248 g/mol. The smallest absolute Gasteiger partial charge is 0.273 e. The second kappa shape index (κ2) is 5.50. The Bertz CT molecular complexity index is 577. The minimum atomic E-state index is -0.271. The normalized spacial score (nSPS) is 10.9. The molecule has 0 aliphatic rings. The van der Waals surface area contributed by atoms with Crippen LogP contribution < -0.4 is 5.73 Å². The summed E-state index contributed by atoms with van der Waals surface area (Å²) in [6, 6.07) is 9.56. The van der Waals surface area contributed by atoms with E-state index in [9.17, 15) is 4.79 Å². The Balaban J connectivity index is 2.19. The highest BCUT2D eigenvalue weighted by Gasteiger charge is 2.11. The Morgan fingerprint density at radius 1 is 1.39 bits per heavy atom. The van der Waals surface area contributed by atoms with Gasteiger partial charge in [0.2, 0.25) is 5.95 Å². The minimum absolute atomic E-state index is 0.0980. The average molecular weight is 260 g/mol. The van der Waals surface area contributed by atoms with E-state index in [0.29, 0.717) is 5.16 Å². The number of carbonyl (C=O) groups is 1. The van der Waals surface area contributed by atoms with E-state index in [2.05, 4.69) is 10.1 Å². The van der Waals surface area contributed by atoms with Crippen LogP contribution in [0.4, 0.5) is 5.95 Å². The van der Waals surface area contributed by atoms with Gasteiger partial charge < -0.3 is 5.73 Å². The van der Waals surface area contributed by atoms with Crippen molar-refractivity contribution in [3.63, 3.8) is 0 Å². The van der Waals surface area contributed by atoms with Gasteiger partial charge in [-0.05, 0) is 17.9 Å². The molecule has 2 N–H and O–H groups in total. The summed E-state index contributed by atoms with van der Waals surface area (Å²) in [6.45, 7) is 0. The first-order valence-corrected chi connectivity index (χ1v) is 6.47. The molecule has 0 aliphatic carbocycles. The second-order valence-corrected chi connectivity index (χ2v) is 4.22. The van der Waals surface area contributed by atoms with Gasteiger partial charge in [0, 0.05) is 6.08 Å². The summed E-state index contributed by atoms with van der Waals surface area (Å²) < 4.78 is 1.19. The molecule has 5 nitrogen and oxygen atoms in total. The van der Waals surface area contributed by atoms with Crippen LogP contribution in [0.3, 0.4) is 0 Å². The SMILES string of the molecule is CSc1nc(N)nn1C(=O)/C=C/c1ccccc1. The van der Waals surface area contributed by atoms with Crippen LogP contribution in [0.25, 0.3) is 6.08 Å². The molecule has 92 valence electrons. The molecule has 2 aromatic rings. The van der Waals surface area contributed by atoms with Crippen molar-refractivity contribution in [2.24, 2.45) is 0 Å². The van der Waals surface area contributed by atoms with Gasteiger partial charge in [-0.1, -0.05) is 42.1 Å². The zero-order valence-corrected chi connectivity index (χ0v) is 10.6. The van der Waals surface area contributed by atoms with Crippen LogP contribution in [0.5, 0.6) is 0 Å². The molecule has 18 heavy (non-hydrogen) atoms. The van der Waals surface area contributed by atoms with Crippen molar-refractivity contribution in [2.75, 3.05) is 12.0 Å². The van der Waals surface area contributed by atoms with Crippen LogP contribution in [-0.2, 0) is 0 Å². The number of carbonyl (C=O) groups excluding carboxylic acids is 1. The van der Waals surface area contributed by atoms with Gasteiger partial charge >= 0.3 is 0 Å². The van der Waals surface area contributed by atoms with E-state index in [1.165, 1.54) is 22.5 Å². The van der Waals surface area contributed by atoms with Crippen molar-refractivity contribution >= 4 is 29.7 Å². The largest absolute Gasteiger partial charge is 0.366 e. The second-order valence-electron chi connectivity index (χ2n) is 3.45. The maximum atomic E-state index is 11.9. The van der Waals surface area contributed by atoms with Gasteiger partial charge in [-0.2, -0.15) is 9.67 Å². The first-order valence-electron chi connectivity index (χ1n) is 5.24. The number of allylic oxidation sites excluding steroid dienone is 1. The highest BCUT2D eigenvalue weighted by molar-refractivity contribution is 7.98. The van der Waals surface area contributed by atoms with Crippen molar-refractivity contribution in [2.45, 2.75) is 5.16 Å². The summed E-state index contributed by atoms with van der Waals surface area (Å²) in [7, 11) is 0. The molecule has 1 aromatic heterocycles. The van der Waals surface area contributed by atoms with Gasteiger partial charge in [0.15, 0.2) is 5.16 Å². The highest BCUT2D eigenvalue weighted by Crippen LogP contribution is 2.13. The van der Waals surface area contributed by atoms with Crippen LogP contribution in [0.1, 0.15) is 10.4 Å². The van der Waals surface area contributed by atoms with Crippen molar-refractivity contribution in [3.8, 4) is 0 Å². The standard InChI is InChI=1S/C12H12N4OS/c1-18-12-14-11(13)15-16(12)10(17)8-7-9-5-3-2-4-6-9/h2-8H,1H3,(H2,13,15)/b8-7+. The van der Waals surface area contributed by atoms with E-state index in [1.807, 2.05) is 36.6 Å². The lowest BCUT2D eigenvalue weighted by molar-refractivity contribution is 0.0944. The van der Waals surface area contributed by atoms with Crippen LogP contribution in [0.15, 0.2) is 41.6 Å². The Morgan fingerprint density at radius 2 is 2.11 bits per heavy atom. The third kappa shape index (κ3) is 2.78. The molecule has 0 fully saturated rings. The summed E-state index contributed by atoms with van der Waals surface area (Å²) in [5.74, 6) is -0.173. The number of hydrogen-bond donors (Lipinski definition) is 1. The molecule has 0 bridgehead atoms. The summed E-state index contributed by atoms with van der Waals surface area (Å²) in [4.78, 5) is 15.9. The zero-order chi connectivity index (χ0) is 13.0. The monoisotopic (exact) mass is 260 g/mol. The van der Waals surface area contributed by atoms with Crippen molar-refractivity contribution in [1.29, 1.82) is 0 Å². The first kappa shape index (κ1) is 12.4. The third-order valence-corrected chi connectivity index (χ3v) is 2.83. The third-order valence-electron chi connectivity index (χ3n) is 2.20. The number of aromatic nitrogens is 3. The number of thioether (sulfide) groups is 1. The van der Waals surface area contributed by atoms with Crippen LogP contribution >= 0.6 is 11.8 Å². The molecule has 6 heteroatoms. The molecule has 0 saturated carbocycles. The summed E-state index contributed by atoms with van der Waals surface area (Å²) in [5, 5.41) is 4.34. The van der Waals surface area contributed by atoms with Crippen molar-refractivity contribution in [3.05, 3.63) is 42.0 Å². The van der Waals surface area contributed by atoms with E-state index >= 15 is 0 Å². The predicted octanol–water partition coefficient (Wildman–Crippen LogP) is 1.94. The fraction of sp³-hybridized carbons (Fsp3) is 0.0833. The Labute approximate surface area is 109 Å². The first-order chi connectivity index (χ1) is 8.70. The van der Waals surface area contributed by atoms with Gasteiger partial charge in [0.1, 0.15) is 0 Å². The maximum Gasteiger partial charge on any atom is 0.273 e. The Hall–Kier alpha value is -2.08. The summed E-state index contributed by atoms with van der Waals surface area (Å²) >= 11 is 1.32. The minimum Gasteiger partial charge on any atom is -0.366 e. The Kier molecular flexibility index (Phi) is 3.78. The molecular formula is C12H12N4OS. The number of nitrogen functional groups attached to an aromatic ring is 1. The number of rotatable bonds is 3. The number of hydrogen-bond acceptors (Lipinski definition) is 5. The van der Waals surface area contributed by atoms with Gasteiger partial charge in [0.25, 0.3) is 5.91 Å². The van der Waals surface area contributed by atoms with Crippen molar-refractivity contribution < 1.29 is 4.79 Å².